The number of hydrogen-bond acceptors (Lipinski definition) is 6. The van der Waals surface area contributed by atoms with E-state index in [4.69, 9.17) is 9.15 Å². The molecule has 0 spiro atoms. The normalized spacial score (nSPS) is 10.1. The van der Waals surface area contributed by atoms with Crippen molar-refractivity contribution in [1.29, 1.82) is 0 Å². The molecule has 104 valence electrons. The number of nitro groups is 1. The molecular formula is C13H11NO6. The Labute approximate surface area is 113 Å². The lowest BCUT2D eigenvalue weighted by atomic mass is 10.1. The van der Waals surface area contributed by atoms with Gasteiger partial charge in [-0.3, -0.25) is 10.1 Å². The topological polar surface area (TPSA) is 91.8 Å². The molecule has 7 heteroatoms. The van der Waals surface area contributed by atoms with Crippen LogP contribution in [-0.4, -0.2) is 25.1 Å². The van der Waals surface area contributed by atoms with Crippen LogP contribution in [0.4, 0.5) is 5.69 Å². The highest BCUT2D eigenvalue weighted by atomic mass is 16.6. The molecule has 2 aromatic rings. The molecule has 20 heavy (non-hydrogen) atoms. The highest BCUT2D eigenvalue weighted by molar-refractivity contribution is 5.95. The van der Waals surface area contributed by atoms with Crippen LogP contribution in [0.2, 0.25) is 0 Å². The van der Waals surface area contributed by atoms with E-state index in [0.717, 1.165) is 0 Å². The van der Waals surface area contributed by atoms with E-state index in [1.165, 1.54) is 38.7 Å². The first kappa shape index (κ1) is 13.6. The van der Waals surface area contributed by atoms with Gasteiger partial charge in [0.25, 0.3) is 0 Å². The van der Waals surface area contributed by atoms with Crippen LogP contribution in [0.1, 0.15) is 10.4 Å². The van der Waals surface area contributed by atoms with Crippen molar-refractivity contribution < 1.29 is 23.6 Å². The molecule has 0 radical (unpaired) electrons. The van der Waals surface area contributed by atoms with E-state index in [2.05, 4.69) is 4.74 Å². The van der Waals surface area contributed by atoms with Crippen LogP contribution < -0.4 is 4.74 Å². The second-order valence-corrected chi connectivity index (χ2v) is 3.80. The molecule has 7 nitrogen and oxygen atoms in total. The van der Waals surface area contributed by atoms with E-state index >= 15 is 0 Å². The molecule has 1 aromatic carbocycles. The lowest BCUT2D eigenvalue weighted by Gasteiger charge is -2.04. The third-order valence-electron chi connectivity index (χ3n) is 2.71. The summed E-state index contributed by atoms with van der Waals surface area (Å²) in [5.41, 5.74) is 0.382. The number of carbonyl (C=O) groups excluding carboxylic acids is 1. The van der Waals surface area contributed by atoms with Crippen molar-refractivity contribution in [1.82, 2.24) is 0 Å². The van der Waals surface area contributed by atoms with Crippen LogP contribution in [0.3, 0.4) is 0 Å². The highest BCUT2D eigenvalue weighted by Crippen LogP contribution is 2.34. The van der Waals surface area contributed by atoms with Gasteiger partial charge in [0.05, 0.1) is 25.4 Å². The summed E-state index contributed by atoms with van der Waals surface area (Å²) in [6.45, 7) is 0. The van der Waals surface area contributed by atoms with Crippen LogP contribution in [0, 0.1) is 10.1 Å². The van der Waals surface area contributed by atoms with Gasteiger partial charge in [0.2, 0.25) is 0 Å². The second-order valence-electron chi connectivity index (χ2n) is 3.80. The summed E-state index contributed by atoms with van der Waals surface area (Å²) >= 11 is 0. The first-order chi connectivity index (χ1) is 9.58. The van der Waals surface area contributed by atoms with Crippen molar-refractivity contribution in [3.8, 4) is 17.1 Å². The van der Waals surface area contributed by atoms with Crippen molar-refractivity contribution in [3.05, 3.63) is 46.2 Å². The van der Waals surface area contributed by atoms with Crippen LogP contribution in [0.5, 0.6) is 5.75 Å². The quantitative estimate of drug-likeness (QED) is 0.484. The molecule has 0 bridgehead atoms. The van der Waals surface area contributed by atoms with Crippen LogP contribution in [0.15, 0.2) is 34.9 Å². The third kappa shape index (κ3) is 2.33. The monoisotopic (exact) mass is 277 g/mol. The van der Waals surface area contributed by atoms with E-state index in [0.29, 0.717) is 5.56 Å². The SMILES string of the molecule is COC(=O)c1ccoc1-c1ccc(OC)c([N+](=O)[O-])c1. The first-order valence-electron chi connectivity index (χ1n) is 5.57. The average Bonchev–Trinajstić information content (AvgIpc) is 2.95. The average molecular weight is 277 g/mol. The molecular weight excluding hydrogens is 266 g/mol. The molecule has 0 aliphatic carbocycles. The van der Waals surface area contributed by atoms with Gasteiger partial charge >= 0.3 is 11.7 Å². The molecule has 2 rings (SSSR count). The molecule has 0 aliphatic rings. The Morgan fingerprint density at radius 2 is 2.05 bits per heavy atom. The molecule has 1 aromatic heterocycles. The zero-order valence-corrected chi connectivity index (χ0v) is 10.8. The third-order valence-corrected chi connectivity index (χ3v) is 2.71. The predicted molar refractivity (Wildman–Crippen MR) is 68.7 cm³/mol. The summed E-state index contributed by atoms with van der Waals surface area (Å²) in [4.78, 5) is 22.0. The Morgan fingerprint density at radius 1 is 1.30 bits per heavy atom. The molecule has 0 fully saturated rings. The van der Waals surface area contributed by atoms with Gasteiger partial charge in [-0.15, -0.1) is 0 Å². The summed E-state index contributed by atoms with van der Waals surface area (Å²) in [5.74, 6) is -0.236. The van der Waals surface area contributed by atoms with Crippen molar-refractivity contribution >= 4 is 11.7 Å². The lowest BCUT2D eigenvalue weighted by Crippen LogP contribution is -2.01. The smallest absolute Gasteiger partial charge is 0.341 e. The number of nitro benzene ring substituents is 1. The van der Waals surface area contributed by atoms with E-state index in [1.807, 2.05) is 0 Å². The number of benzene rings is 1. The maximum absolute atomic E-state index is 11.6. The van der Waals surface area contributed by atoms with E-state index in [1.54, 1.807) is 6.07 Å². The lowest BCUT2D eigenvalue weighted by molar-refractivity contribution is -0.385. The Hall–Kier alpha value is -2.83. The molecule has 1 heterocycles. The molecule has 0 unspecified atom stereocenters. The molecule has 0 saturated heterocycles. The van der Waals surface area contributed by atoms with Crippen molar-refractivity contribution in [2.24, 2.45) is 0 Å². The number of hydrogen-bond donors (Lipinski definition) is 0. The fourth-order valence-electron chi connectivity index (χ4n) is 1.78. The minimum absolute atomic E-state index is 0.130. The summed E-state index contributed by atoms with van der Waals surface area (Å²) < 4.78 is 14.8. The second kappa shape index (κ2) is 5.43. The largest absolute Gasteiger partial charge is 0.490 e. The van der Waals surface area contributed by atoms with E-state index in [-0.39, 0.29) is 22.8 Å². The highest BCUT2D eigenvalue weighted by Gasteiger charge is 2.21. The number of rotatable bonds is 4. The Morgan fingerprint density at radius 3 is 2.65 bits per heavy atom. The van der Waals surface area contributed by atoms with Crippen molar-refractivity contribution in [3.63, 3.8) is 0 Å². The number of nitrogens with zero attached hydrogens (tertiary/aromatic N) is 1. The van der Waals surface area contributed by atoms with Crippen LogP contribution >= 0.6 is 0 Å². The van der Waals surface area contributed by atoms with E-state index in [9.17, 15) is 14.9 Å². The van der Waals surface area contributed by atoms with Gasteiger partial charge in [0.1, 0.15) is 11.3 Å². The maximum atomic E-state index is 11.6. The van der Waals surface area contributed by atoms with Crippen molar-refractivity contribution in [2.75, 3.05) is 14.2 Å². The standard InChI is InChI=1S/C13H11NO6/c1-18-11-4-3-8(7-10(11)14(16)17)12-9(5-6-20-12)13(15)19-2/h3-7H,1-2H3. The van der Waals surface area contributed by atoms with Gasteiger partial charge in [-0.2, -0.15) is 0 Å². The number of methoxy groups -OCH3 is 2. The first-order valence-corrected chi connectivity index (χ1v) is 5.57. The van der Waals surface area contributed by atoms with Gasteiger partial charge in [-0.1, -0.05) is 0 Å². The summed E-state index contributed by atoms with van der Waals surface area (Å²) in [6, 6.07) is 5.73. The summed E-state index contributed by atoms with van der Waals surface area (Å²) in [6.07, 6.45) is 1.32. The molecule has 0 saturated carbocycles. The van der Waals surface area contributed by atoms with Crippen molar-refractivity contribution in [2.45, 2.75) is 0 Å². The minimum Gasteiger partial charge on any atom is -0.490 e. The van der Waals surface area contributed by atoms with Gasteiger partial charge in [-0.05, 0) is 18.2 Å². The number of esters is 1. The fraction of sp³-hybridized carbons (Fsp3) is 0.154. The molecule has 0 amide bonds. The number of carbonyl (C=O) groups is 1. The van der Waals surface area contributed by atoms with Crippen LogP contribution in [-0.2, 0) is 4.74 Å². The summed E-state index contributed by atoms with van der Waals surface area (Å²) in [7, 11) is 2.59. The van der Waals surface area contributed by atoms with Gasteiger partial charge in [0.15, 0.2) is 5.75 Å². The molecule has 0 N–H and O–H groups in total. The predicted octanol–water partition coefficient (Wildman–Crippen LogP) is 2.65. The van der Waals surface area contributed by atoms with Crippen LogP contribution in [0.25, 0.3) is 11.3 Å². The van der Waals surface area contributed by atoms with Gasteiger partial charge in [0, 0.05) is 11.6 Å². The Balaban J connectivity index is 2.54. The minimum atomic E-state index is -0.577. The maximum Gasteiger partial charge on any atom is 0.341 e. The van der Waals surface area contributed by atoms with E-state index < -0.39 is 10.9 Å². The zero-order chi connectivity index (χ0) is 14.7. The van der Waals surface area contributed by atoms with Gasteiger partial charge in [-0.25, -0.2) is 4.79 Å². The summed E-state index contributed by atoms with van der Waals surface area (Å²) in [5, 5.41) is 11.0. The fourth-order valence-corrected chi connectivity index (χ4v) is 1.78. The Kier molecular flexibility index (Phi) is 3.69. The van der Waals surface area contributed by atoms with Gasteiger partial charge < -0.3 is 13.9 Å². The number of ether oxygens (including phenoxy) is 2. The molecule has 0 aliphatic heterocycles. The number of furan rings is 1. The molecule has 0 atom stereocenters. The zero-order valence-electron chi connectivity index (χ0n) is 10.8. The Bertz CT molecular complexity index is 661.